The molecule has 1 fully saturated rings. The van der Waals surface area contributed by atoms with E-state index >= 15 is 0 Å². The van der Waals surface area contributed by atoms with Gasteiger partial charge < -0.3 is 5.32 Å². The summed E-state index contributed by atoms with van der Waals surface area (Å²) in [5.74, 6) is -0.105. The van der Waals surface area contributed by atoms with Gasteiger partial charge in [0.05, 0.1) is 4.90 Å². The molecule has 30 heavy (non-hydrogen) atoms. The van der Waals surface area contributed by atoms with Crippen molar-refractivity contribution in [3.63, 3.8) is 0 Å². The summed E-state index contributed by atoms with van der Waals surface area (Å²) in [5.41, 5.74) is 1.64. The molecule has 0 unspecified atom stereocenters. The molecule has 0 bridgehead atoms. The Morgan fingerprint density at radius 3 is 2.37 bits per heavy atom. The zero-order valence-corrected chi connectivity index (χ0v) is 17.6. The zero-order chi connectivity index (χ0) is 21.0. The highest BCUT2D eigenvalue weighted by molar-refractivity contribution is 7.89. The molecule has 3 aromatic carbocycles. The molecule has 1 aliphatic rings. The van der Waals surface area contributed by atoms with Crippen molar-refractivity contribution < 1.29 is 13.2 Å². The average Bonchev–Trinajstić information content (AvgIpc) is 3.26. The van der Waals surface area contributed by atoms with E-state index in [1.807, 2.05) is 54.6 Å². The molecule has 0 spiro atoms. The first-order valence-electron chi connectivity index (χ1n) is 10.4. The third-order valence-electron chi connectivity index (χ3n) is 5.64. The molecular formula is C24H26N2O3S. The highest BCUT2D eigenvalue weighted by Gasteiger charge is 2.22. The standard InChI is InChI=1S/C24H26N2O3S/c27-24(23-11-5-7-19-6-1-4-10-22(19)23)25-17-16-18-12-14-21(15-13-18)30(28,29)26-20-8-2-3-9-20/h1,4-7,10-15,20,26H,2-3,8-9,16-17H2,(H,25,27). The van der Waals surface area contributed by atoms with Crippen LogP contribution in [0.1, 0.15) is 41.6 Å². The Labute approximate surface area is 177 Å². The van der Waals surface area contributed by atoms with Crippen LogP contribution in [-0.2, 0) is 16.4 Å². The second kappa shape index (κ2) is 8.98. The Morgan fingerprint density at radius 2 is 1.60 bits per heavy atom. The van der Waals surface area contributed by atoms with E-state index in [0.29, 0.717) is 18.5 Å². The zero-order valence-electron chi connectivity index (χ0n) is 16.8. The summed E-state index contributed by atoms with van der Waals surface area (Å²) in [4.78, 5) is 12.9. The van der Waals surface area contributed by atoms with Gasteiger partial charge in [0, 0.05) is 18.2 Å². The monoisotopic (exact) mass is 422 g/mol. The Balaban J connectivity index is 1.34. The molecule has 5 nitrogen and oxygen atoms in total. The fourth-order valence-corrected chi connectivity index (χ4v) is 5.31. The molecule has 0 heterocycles. The van der Waals surface area contributed by atoms with Gasteiger partial charge in [-0.15, -0.1) is 0 Å². The second-order valence-corrected chi connectivity index (χ2v) is 9.49. The van der Waals surface area contributed by atoms with Crippen LogP contribution in [0, 0.1) is 0 Å². The molecular weight excluding hydrogens is 396 g/mol. The molecule has 4 rings (SSSR count). The lowest BCUT2D eigenvalue weighted by molar-refractivity contribution is 0.0956. The van der Waals surface area contributed by atoms with Gasteiger partial charge in [0.25, 0.3) is 5.91 Å². The molecule has 2 N–H and O–H groups in total. The number of carbonyl (C=O) groups excluding carboxylic acids is 1. The largest absolute Gasteiger partial charge is 0.352 e. The first kappa shape index (κ1) is 20.6. The van der Waals surface area contributed by atoms with Crippen LogP contribution in [0.25, 0.3) is 10.8 Å². The van der Waals surface area contributed by atoms with E-state index in [-0.39, 0.29) is 16.8 Å². The van der Waals surface area contributed by atoms with Crippen LogP contribution in [0.3, 0.4) is 0 Å². The third-order valence-corrected chi connectivity index (χ3v) is 7.18. The van der Waals surface area contributed by atoms with Crippen molar-refractivity contribution in [3.05, 3.63) is 77.9 Å². The molecule has 0 aliphatic heterocycles. The van der Waals surface area contributed by atoms with Gasteiger partial charge in [0.15, 0.2) is 0 Å². The number of benzene rings is 3. The second-order valence-electron chi connectivity index (χ2n) is 7.78. The van der Waals surface area contributed by atoms with E-state index in [9.17, 15) is 13.2 Å². The van der Waals surface area contributed by atoms with Crippen molar-refractivity contribution >= 4 is 26.7 Å². The predicted octanol–water partition coefficient (Wildman–Crippen LogP) is 4.03. The number of fused-ring (bicyclic) bond motifs is 1. The minimum Gasteiger partial charge on any atom is -0.352 e. The van der Waals surface area contributed by atoms with Crippen molar-refractivity contribution in [2.45, 2.75) is 43.0 Å². The molecule has 1 saturated carbocycles. The lowest BCUT2D eigenvalue weighted by atomic mass is 10.0. The van der Waals surface area contributed by atoms with Gasteiger partial charge in [0.2, 0.25) is 10.0 Å². The highest BCUT2D eigenvalue weighted by atomic mass is 32.2. The van der Waals surface area contributed by atoms with Gasteiger partial charge in [-0.3, -0.25) is 4.79 Å². The fourth-order valence-electron chi connectivity index (χ4n) is 4.01. The van der Waals surface area contributed by atoms with Crippen molar-refractivity contribution in [2.24, 2.45) is 0 Å². The van der Waals surface area contributed by atoms with Gasteiger partial charge in [-0.05, 0) is 53.8 Å². The Morgan fingerprint density at radius 1 is 0.900 bits per heavy atom. The number of amides is 1. The van der Waals surface area contributed by atoms with Crippen LogP contribution in [0.15, 0.2) is 71.6 Å². The normalized spacial score (nSPS) is 14.8. The van der Waals surface area contributed by atoms with E-state index in [1.165, 1.54) is 0 Å². The van der Waals surface area contributed by atoms with Crippen LogP contribution in [0.4, 0.5) is 0 Å². The van der Waals surface area contributed by atoms with E-state index in [2.05, 4.69) is 10.0 Å². The Kier molecular flexibility index (Phi) is 6.16. The number of hydrogen-bond donors (Lipinski definition) is 2. The van der Waals surface area contributed by atoms with Gasteiger partial charge in [-0.2, -0.15) is 0 Å². The van der Waals surface area contributed by atoms with Gasteiger partial charge in [0.1, 0.15) is 0 Å². The lowest BCUT2D eigenvalue weighted by Crippen LogP contribution is -2.32. The first-order valence-corrected chi connectivity index (χ1v) is 11.9. The maximum Gasteiger partial charge on any atom is 0.251 e. The summed E-state index contributed by atoms with van der Waals surface area (Å²) in [6, 6.07) is 20.5. The predicted molar refractivity (Wildman–Crippen MR) is 119 cm³/mol. The van der Waals surface area contributed by atoms with Crippen molar-refractivity contribution in [2.75, 3.05) is 6.54 Å². The van der Waals surface area contributed by atoms with Crippen LogP contribution in [0.2, 0.25) is 0 Å². The van der Waals surface area contributed by atoms with Crippen LogP contribution in [0.5, 0.6) is 0 Å². The number of nitrogens with one attached hydrogen (secondary N) is 2. The molecule has 6 heteroatoms. The minimum absolute atomic E-state index is 0.0546. The summed E-state index contributed by atoms with van der Waals surface area (Å²) in [5, 5.41) is 4.93. The number of carbonyl (C=O) groups is 1. The topological polar surface area (TPSA) is 75.3 Å². The van der Waals surface area contributed by atoms with E-state index < -0.39 is 10.0 Å². The third kappa shape index (κ3) is 4.71. The fraction of sp³-hybridized carbons (Fsp3) is 0.292. The number of hydrogen-bond acceptors (Lipinski definition) is 3. The first-order chi connectivity index (χ1) is 14.5. The summed E-state index contributed by atoms with van der Waals surface area (Å²) in [6.07, 6.45) is 4.61. The molecule has 156 valence electrons. The van der Waals surface area contributed by atoms with E-state index in [0.717, 1.165) is 42.0 Å². The van der Waals surface area contributed by atoms with Gasteiger partial charge in [-0.25, -0.2) is 13.1 Å². The molecule has 1 amide bonds. The maximum atomic E-state index is 12.6. The van der Waals surface area contributed by atoms with Crippen LogP contribution >= 0.6 is 0 Å². The number of sulfonamides is 1. The Bertz CT molecular complexity index is 1130. The minimum atomic E-state index is -3.47. The van der Waals surface area contributed by atoms with Crippen molar-refractivity contribution in [1.82, 2.24) is 10.0 Å². The maximum absolute atomic E-state index is 12.6. The van der Waals surface area contributed by atoms with Gasteiger partial charge in [-0.1, -0.05) is 61.4 Å². The molecule has 0 aromatic heterocycles. The van der Waals surface area contributed by atoms with Crippen LogP contribution < -0.4 is 10.0 Å². The smallest absolute Gasteiger partial charge is 0.251 e. The summed E-state index contributed by atoms with van der Waals surface area (Å²) in [6.45, 7) is 0.481. The number of rotatable bonds is 7. The summed E-state index contributed by atoms with van der Waals surface area (Å²) in [7, 11) is -3.47. The van der Waals surface area contributed by atoms with E-state index in [1.54, 1.807) is 12.1 Å². The molecule has 0 atom stereocenters. The van der Waals surface area contributed by atoms with E-state index in [4.69, 9.17) is 0 Å². The summed E-state index contributed by atoms with van der Waals surface area (Å²) < 4.78 is 27.8. The lowest BCUT2D eigenvalue weighted by Gasteiger charge is -2.13. The van der Waals surface area contributed by atoms with Crippen molar-refractivity contribution in [1.29, 1.82) is 0 Å². The average molecular weight is 423 g/mol. The SMILES string of the molecule is O=C(NCCc1ccc(S(=O)(=O)NC2CCCC2)cc1)c1cccc2ccccc12. The molecule has 0 radical (unpaired) electrons. The van der Waals surface area contributed by atoms with Crippen LogP contribution in [-0.4, -0.2) is 26.9 Å². The molecule has 0 saturated heterocycles. The summed E-state index contributed by atoms with van der Waals surface area (Å²) >= 11 is 0. The Hall–Kier alpha value is -2.70. The van der Waals surface area contributed by atoms with Crippen molar-refractivity contribution in [3.8, 4) is 0 Å². The molecule has 3 aromatic rings. The quantitative estimate of drug-likeness (QED) is 0.604. The van der Waals surface area contributed by atoms with Gasteiger partial charge >= 0.3 is 0 Å². The highest BCUT2D eigenvalue weighted by Crippen LogP contribution is 2.21. The molecule has 1 aliphatic carbocycles.